The highest BCUT2D eigenvalue weighted by Gasteiger charge is 2.19. The monoisotopic (exact) mass is 264 g/mol. The van der Waals surface area contributed by atoms with Crippen molar-refractivity contribution in [2.24, 2.45) is 11.8 Å². The molecule has 1 aromatic rings. The Kier molecular flexibility index (Phi) is 5.20. The summed E-state index contributed by atoms with van der Waals surface area (Å²) in [5.74, 6) is 1.39. The molecule has 1 aliphatic heterocycles. The number of piperidine rings is 1. The molecule has 0 bridgehead atoms. The van der Waals surface area contributed by atoms with Gasteiger partial charge in [0.15, 0.2) is 0 Å². The number of nitrogens with one attached hydrogen (secondary N) is 1. The lowest BCUT2D eigenvalue weighted by Gasteiger charge is -2.30. The largest absolute Gasteiger partial charge is 0.375 e. The maximum atomic E-state index is 12.9. The van der Waals surface area contributed by atoms with Gasteiger partial charge >= 0.3 is 0 Å². The van der Waals surface area contributed by atoms with Crippen LogP contribution in [0.5, 0.6) is 0 Å². The molecule has 1 N–H and O–H groups in total. The standard InChI is InChI=1S/C16H25FN2/c1-13(14-4-3-10-18-12-14)9-11-19(2)16-7-5-15(17)6-8-16/h5-8,13-14,18H,3-4,9-12H2,1-2H3. The van der Waals surface area contributed by atoms with Crippen LogP contribution < -0.4 is 10.2 Å². The molecule has 2 unspecified atom stereocenters. The van der Waals surface area contributed by atoms with Crippen LogP contribution in [0.2, 0.25) is 0 Å². The van der Waals surface area contributed by atoms with Crippen LogP contribution in [-0.2, 0) is 0 Å². The number of hydrogen-bond donors (Lipinski definition) is 1. The Morgan fingerprint density at radius 1 is 1.37 bits per heavy atom. The van der Waals surface area contributed by atoms with Gasteiger partial charge in [0.1, 0.15) is 5.82 Å². The molecule has 2 atom stereocenters. The topological polar surface area (TPSA) is 15.3 Å². The molecule has 1 heterocycles. The Bertz CT molecular complexity index is 371. The van der Waals surface area contributed by atoms with Crippen LogP contribution in [-0.4, -0.2) is 26.7 Å². The maximum Gasteiger partial charge on any atom is 0.123 e. The Balaban J connectivity index is 1.79. The van der Waals surface area contributed by atoms with Gasteiger partial charge in [-0.1, -0.05) is 6.92 Å². The summed E-state index contributed by atoms with van der Waals surface area (Å²) < 4.78 is 12.9. The molecule has 0 saturated carbocycles. The number of rotatable bonds is 5. The Morgan fingerprint density at radius 2 is 2.11 bits per heavy atom. The van der Waals surface area contributed by atoms with Crippen LogP contribution >= 0.6 is 0 Å². The summed E-state index contributed by atoms with van der Waals surface area (Å²) >= 11 is 0. The van der Waals surface area contributed by atoms with Crippen molar-refractivity contribution in [1.29, 1.82) is 0 Å². The first-order valence-electron chi connectivity index (χ1n) is 7.34. The van der Waals surface area contributed by atoms with Gasteiger partial charge < -0.3 is 10.2 Å². The molecule has 2 rings (SSSR count). The molecule has 1 aromatic carbocycles. The number of anilines is 1. The molecule has 106 valence electrons. The quantitative estimate of drug-likeness (QED) is 0.878. The molecular formula is C16H25FN2. The summed E-state index contributed by atoms with van der Waals surface area (Å²) in [5.41, 5.74) is 1.09. The summed E-state index contributed by atoms with van der Waals surface area (Å²) in [6, 6.07) is 6.75. The minimum Gasteiger partial charge on any atom is -0.375 e. The Labute approximate surface area is 116 Å². The zero-order valence-electron chi connectivity index (χ0n) is 12.0. The van der Waals surface area contributed by atoms with Crippen LogP contribution in [0, 0.1) is 17.7 Å². The van der Waals surface area contributed by atoms with Gasteiger partial charge in [0.05, 0.1) is 0 Å². The van der Waals surface area contributed by atoms with Crippen LogP contribution in [0.25, 0.3) is 0 Å². The van der Waals surface area contributed by atoms with E-state index in [9.17, 15) is 4.39 Å². The summed E-state index contributed by atoms with van der Waals surface area (Å²) in [5, 5.41) is 3.49. The second kappa shape index (κ2) is 6.90. The molecule has 2 nitrogen and oxygen atoms in total. The van der Waals surface area contributed by atoms with Gasteiger partial charge in [-0.05, 0) is 68.5 Å². The highest BCUT2D eigenvalue weighted by atomic mass is 19.1. The summed E-state index contributed by atoms with van der Waals surface area (Å²) in [6.45, 7) is 5.74. The van der Waals surface area contributed by atoms with Gasteiger partial charge in [0.2, 0.25) is 0 Å². The van der Waals surface area contributed by atoms with Crippen molar-refractivity contribution in [2.75, 3.05) is 31.6 Å². The fourth-order valence-corrected chi connectivity index (χ4v) is 2.82. The van der Waals surface area contributed by atoms with Crippen molar-refractivity contribution in [3.8, 4) is 0 Å². The zero-order valence-corrected chi connectivity index (χ0v) is 12.0. The predicted octanol–water partition coefficient (Wildman–Crippen LogP) is 3.29. The lowest BCUT2D eigenvalue weighted by Crippen LogP contribution is -2.34. The van der Waals surface area contributed by atoms with Gasteiger partial charge in [-0.15, -0.1) is 0 Å². The molecule has 1 aliphatic rings. The van der Waals surface area contributed by atoms with Gasteiger partial charge in [-0.25, -0.2) is 4.39 Å². The summed E-state index contributed by atoms with van der Waals surface area (Å²) in [4.78, 5) is 2.21. The minimum atomic E-state index is -0.168. The van der Waals surface area contributed by atoms with Crippen molar-refractivity contribution in [3.05, 3.63) is 30.1 Å². The van der Waals surface area contributed by atoms with Crippen LogP contribution in [0.15, 0.2) is 24.3 Å². The first-order chi connectivity index (χ1) is 9.16. The summed E-state index contributed by atoms with van der Waals surface area (Å²) in [6.07, 6.45) is 3.86. The maximum absolute atomic E-state index is 12.9. The van der Waals surface area contributed by atoms with E-state index in [1.807, 2.05) is 12.1 Å². The minimum absolute atomic E-state index is 0.168. The molecule has 0 aliphatic carbocycles. The fourth-order valence-electron chi connectivity index (χ4n) is 2.82. The molecular weight excluding hydrogens is 239 g/mol. The van der Waals surface area contributed by atoms with E-state index >= 15 is 0 Å². The highest BCUT2D eigenvalue weighted by molar-refractivity contribution is 5.45. The Hall–Kier alpha value is -1.09. The van der Waals surface area contributed by atoms with E-state index in [1.165, 1.54) is 44.5 Å². The van der Waals surface area contributed by atoms with Crippen molar-refractivity contribution in [3.63, 3.8) is 0 Å². The van der Waals surface area contributed by atoms with Crippen molar-refractivity contribution in [1.82, 2.24) is 5.32 Å². The lowest BCUT2D eigenvalue weighted by atomic mass is 9.85. The van der Waals surface area contributed by atoms with Crippen LogP contribution in [0.4, 0.5) is 10.1 Å². The normalized spacial score (nSPS) is 21.1. The Morgan fingerprint density at radius 3 is 2.74 bits per heavy atom. The fraction of sp³-hybridized carbons (Fsp3) is 0.625. The van der Waals surface area contributed by atoms with Crippen molar-refractivity contribution >= 4 is 5.69 Å². The molecule has 0 aromatic heterocycles. The molecule has 1 fully saturated rings. The predicted molar refractivity (Wildman–Crippen MR) is 79.0 cm³/mol. The van der Waals surface area contributed by atoms with E-state index in [0.29, 0.717) is 0 Å². The van der Waals surface area contributed by atoms with Crippen molar-refractivity contribution < 1.29 is 4.39 Å². The van der Waals surface area contributed by atoms with E-state index in [-0.39, 0.29) is 5.82 Å². The number of benzene rings is 1. The molecule has 1 saturated heterocycles. The van der Waals surface area contributed by atoms with E-state index in [1.54, 1.807) is 0 Å². The van der Waals surface area contributed by atoms with E-state index in [2.05, 4.69) is 24.2 Å². The third-order valence-corrected chi connectivity index (χ3v) is 4.33. The van der Waals surface area contributed by atoms with Crippen LogP contribution in [0.3, 0.4) is 0 Å². The first-order valence-corrected chi connectivity index (χ1v) is 7.34. The van der Waals surface area contributed by atoms with Gasteiger partial charge in [-0.3, -0.25) is 0 Å². The third kappa shape index (κ3) is 4.20. The highest BCUT2D eigenvalue weighted by Crippen LogP contribution is 2.23. The average molecular weight is 264 g/mol. The van der Waals surface area contributed by atoms with Crippen LogP contribution in [0.1, 0.15) is 26.2 Å². The molecule has 3 heteroatoms. The van der Waals surface area contributed by atoms with Crippen molar-refractivity contribution in [2.45, 2.75) is 26.2 Å². The SMILES string of the molecule is CC(CCN(C)c1ccc(F)cc1)C1CCCNC1. The van der Waals surface area contributed by atoms with E-state index in [0.717, 1.165) is 24.1 Å². The number of nitrogens with zero attached hydrogens (tertiary/aromatic N) is 1. The van der Waals surface area contributed by atoms with E-state index in [4.69, 9.17) is 0 Å². The molecule has 0 spiro atoms. The number of halogens is 1. The van der Waals surface area contributed by atoms with Gasteiger partial charge in [0, 0.05) is 19.3 Å². The van der Waals surface area contributed by atoms with Gasteiger partial charge in [0.25, 0.3) is 0 Å². The number of hydrogen-bond acceptors (Lipinski definition) is 2. The lowest BCUT2D eigenvalue weighted by molar-refractivity contribution is 0.270. The first kappa shape index (κ1) is 14.3. The third-order valence-electron chi connectivity index (χ3n) is 4.33. The smallest absolute Gasteiger partial charge is 0.123 e. The summed E-state index contributed by atoms with van der Waals surface area (Å²) in [7, 11) is 2.08. The van der Waals surface area contributed by atoms with Gasteiger partial charge in [-0.2, -0.15) is 0 Å². The second-order valence-corrected chi connectivity index (χ2v) is 5.77. The molecule has 0 radical (unpaired) electrons. The average Bonchev–Trinajstić information content (AvgIpc) is 2.46. The molecule has 19 heavy (non-hydrogen) atoms. The molecule has 0 amide bonds. The van der Waals surface area contributed by atoms with E-state index < -0.39 is 0 Å². The zero-order chi connectivity index (χ0) is 13.7. The second-order valence-electron chi connectivity index (χ2n) is 5.77.